The molecule has 0 bridgehead atoms. The molecule has 134 valence electrons. The van der Waals surface area contributed by atoms with Crippen LogP contribution in [0.2, 0.25) is 0 Å². The third-order valence-corrected chi connectivity index (χ3v) is 3.32. The number of para-hydroxylation sites is 1. The number of nitriles is 1. The molecule has 7 heteroatoms. The Hall–Kier alpha value is -2.85. The Balaban J connectivity index is 2.50. The highest BCUT2D eigenvalue weighted by Gasteiger charge is 2.10. The minimum atomic E-state index is -0.595. The number of unbranched alkanes of at least 4 members (excludes halogenated alkanes) is 1. The van der Waals surface area contributed by atoms with Crippen LogP contribution in [-0.4, -0.2) is 31.6 Å². The van der Waals surface area contributed by atoms with Crippen LogP contribution in [0, 0.1) is 11.3 Å². The van der Waals surface area contributed by atoms with Crippen LogP contribution in [0.5, 0.6) is 0 Å². The Bertz CT molecular complexity index is 650. The summed E-state index contributed by atoms with van der Waals surface area (Å²) < 4.78 is 5.40. The van der Waals surface area contributed by atoms with Gasteiger partial charge in [-0.2, -0.15) is 5.26 Å². The van der Waals surface area contributed by atoms with E-state index in [2.05, 4.69) is 17.6 Å². The van der Waals surface area contributed by atoms with Gasteiger partial charge in [-0.3, -0.25) is 9.59 Å². The number of nitrogens with one attached hydrogen (secondary N) is 2. The molecule has 0 aliphatic heterocycles. The van der Waals surface area contributed by atoms with E-state index in [9.17, 15) is 9.59 Å². The molecular weight excluding hydrogens is 320 g/mol. The number of ether oxygens (including phenoxy) is 1. The van der Waals surface area contributed by atoms with Gasteiger partial charge in [0.1, 0.15) is 11.6 Å². The van der Waals surface area contributed by atoms with E-state index in [0.29, 0.717) is 25.3 Å². The second kappa shape index (κ2) is 11.6. The normalized spacial score (nSPS) is 10.8. The van der Waals surface area contributed by atoms with Crippen LogP contribution < -0.4 is 16.4 Å². The van der Waals surface area contributed by atoms with E-state index < -0.39 is 11.8 Å². The number of hydrogen-bond donors (Lipinski definition) is 3. The summed E-state index contributed by atoms with van der Waals surface area (Å²) in [5.74, 6) is -1.08. The quantitative estimate of drug-likeness (QED) is 0.322. The van der Waals surface area contributed by atoms with Gasteiger partial charge >= 0.3 is 0 Å². The number of anilines is 1. The number of rotatable bonds is 11. The molecule has 0 aliphatic rings. The smallest absolute Gasteiger partial charge is 0.263 e. The fourth-order valence-corrected chi connectivity index (χ4v) is 1.94. The second-order valence-electron chi connectivity index (χ2n) is 5.30. The van der Waals surface area contributed by atoms with Crippen molar-refractivity contribution >= 4 is 17.5 Å². The fraction of sp³-hybridized carbons (Fsp3) is 0.389. The molecule has 0 fully saturated rings. The Morgan fingerprint density at radius 1 is 1.28 bits per heavy atom. The summed E-state index contributed by atoms with van der Waals surface area (Å²) in [6.45, 7) is 3.80. The van der Waals surface area contributed by atoms with Gasteiger partial charge in [-0.25, -0.2) is 0 Å². The van der Waals surface area contributed by atoms with Crippen molar-refractivity contribution in [2.24, 2.45) is 5.73 Å². The number of hydrogen-bond acceptors (Lipinski definition) is 5. The first kappa shape index (κ1) is 20.2. The molecule has 0 radical (unpaired) electrons. The average molecular weight is 344 g/mol. The highest BCUT2D eigenvalue weighted by atomic mass is 16.5. The molecule has 0 spiro atoms. The minimum absolute atomic E-state index is 0.0915. The number of carbonyl (C=O) groups excluding carboxylic acids is 2. The number of amides is 2. The number of carbonyl (C=O) groups is 2. The molecule has 0 unspecified atom stereocenters. The molecule has 1 aromatic carbocycles. The van der Waals surface area contributed by atoms with Gasteiger partial charge in [-0.1, -0.05) is 25.5 Å². The Morgan fingerprint density at radius 2 is 2.00 bits per heavy atom. The molecule has 0 aromatic heterocycles. The van der Waals surface area contributed by atoms with Gasteiger partial charge in [0, 0.05) is 26.0 Å². The van der Waals surface area contributed by atoms with Crippen LogP contribution in [0.15, 0.2) is 36.0 Å². The van der Waals surface area contributed by atoms with Crippen LogP contribution in [-0.2, 0) is 9.53 Å². The molecule has 1 aromatic rings. The molecule has 0 heterocycles. The summed E-state index contributed by atoms with van der Waals surface area (Å²) in [6, 6.07) is 8.42. The largest absolute Gasteiger partial charge is 0.381 e. The lowest BCUT2D eigenvalue weighted by Crippen LogP contribution is -2.26. The summed E-state index contributed by atoms with van der Waals surface area (Å²) in [7, 11) is 0. The SMILES string of the molecule is CCCCOCCCNC(=O)/C(C#N)=C\Nc1ccccc1C(N)=O. The van der Waals surface area contributed by atoms with Gasteiger partial charge in [0.2, 0.25) is 0 Å². The maximum atomic E-state index is 12.0. The maximum absolute atomic E-state index is 12.0. The van der Waals surface area contributed by atoms with E-state index in [0.717, 1.165) is 19.4 Å². The highest BCUT2D eigenvalue weighted by molar-refractivity contribution is 6.00. The second-order valence-corrected chi connectivity index (χ2v) is 5.30. The molecule has 25 heavy (non-hydrogen) atoms. The van der Waals surface area contributed by atoms with Crippen LogP contribution >= 0.6 is 0 Å². The van der Waals surface area contributed by atoms with Gasteiger partial charge in [-0.15, -0.1) is 0 Å². The number of primary amides is 1. The number of benzene rings is 1. The minimum Gasteiger partial charge on any atom is -0.381 e. The van der Waals surface area contributed by atoms with E-state index in [1.165, 1.54) is 6.20 Å². The topological polar surface area (TPSA) is 117 Å². The van der Waals surface area contributed by atoms with Gasteiger partial charge in [0.25, 0.3) is 11.8 Å². The first-order valence-electron chi connectivity index (χ1n) is 8.21. The monoisotopic (exact) mass is 344 g/mol. The Labute approximate surface area is 147 Å². The van der Waals surface area contributed by atoms with Crippen molar-refractivity contribution in [2.75, 3.05) is 25.1 Å². The first-order chi connectivity index (χ1) is 12.1. The summed E-state index contributed by atoms with van der Waals surface area (Å²) >= 11 is 0. The van der Waals surface area contributed by atoms with Crippen molar-refractivity contribution in [1.29, 1.82) is 5.26 Å². The van der Waals surface area contributed by atoms with E-state index >= 15 is 0 Å². The third-order valence-electron chi connectivity index (χ3n) is 3.32. The van der Waals surface area contributed by atoms with Crippen molar-refractivity contribution in [1.82, 2.24) is 5.32 Å². The summed E-state index contributed by atoms with van der Waals surface area (Å²) in [6.07, 6.45) is 4.03. The molecule has 0 saturated carbocycles. The van der Waals surface area contributed by atoms with E-state index in [-0.39, 0.29) is 11.1 Å². The molecule has 4 N–H and O–H groups in total. The van der Waals surface area contributed by atoms with Gasteiger partial charge < -0.3 is 21.1 Å². The summed E-state index contributed by atoms with van der Waals surface area (Å²) in [5.41, 5.74) is 5.90. The lowest BCUT2D eigenvalue weighted by molar-refractivity contribution is -0.117. The van der Waals surface area contributed by atoms with Crippen LogP contribution in [0.25, 0.3) is 0 Å². The third kappa shape index (κ3) is 7.50. The Kier molecular flexibility index (Phi) is 9.41. The lowest BCUT2D eigenvalue weighted by atomic mass is 10.1. The zero-order chi connectivity index (χ0) is 18.5. The van der Waals surface area contributed by atoms with E-state index in [4.69, 9.17) is 15.7 Å². The molecule has 0 atom stereocenters. The molecule has 1 rings (SSSR count). The highest BCUT2D eigenvalue weighted by Crippen LogP contribution is 2.14. The lowest BCUT2D eigenvalue weighted by Gasteiger charge is -2.08. The zero-order valence-electron chi connectivity index (χ0n) is 14.4. The summed E-state index contributed by atoms with van der Waals surface area (Å²) in [5, 5.41) is 14.6. The van der Waals surface area contributed by atoms with Crippen molar-refractivity contribution < 1.29 is 14.3 Å². The standard InChI is InChI=1S/C18H24N4O3/c1-2-3-10-25-11-6-9-21-18(24)14(12-19)13-22-16-8-5-4-7-15(16)17(20)23/h4-5,7-8,13,22H,2-3,6,9-11H2,1H3,(H2,20,23)(H,21,24)/b14-13-. The fourth-order valence-electron chi connectivity index (χ4n) is 1.94. The van der Waals surface area contributed by atoms with E-state index in [1.807, 2.05) is 6.07 Å². The predicted octanol–water partition coefficient (Wildman–Crippen LogP) is 1.93. The van der Waals surface area contributed by atoms with Crippen molar-refractivity contribution in [3.8, 4) is 6.07 Å². The summed E-state index contributed by atoms with van der Waals surface area (Å²) in [4.78, 5) is 23.3. The molecule has 2 amide bonds. The van der Waals surface area contributed by atoms with Crippen LogP contribution in [0.3, 0.4) is 0 Å². The van der Waals surface area contributed by atoms with E-state index in [1.54, 1.807) is 24.3 Å². The van der Waals surface area contributed by atoms with Gasteiger partial charge in [0.05, 0.1) is 11.3 Å². The molecule has 0 aliphatic carbocycles. The average Bonchev–Trinajstić information content (AvgIpc) is 2.61. The molecule has 0 saturated heterocycles. The Morgan fingerprint density at radius 3 is 2.68 bits per heavy atom. The van der Waals surface area contributed by atoms with Gasteiger partial charge in [0.15, 0.2) is 0 Å². The number of nitrogens with zero attached hydrogens (tertiary/aromatic N) is 1. The van der Waals surface area contributed by atoms with Crippen LogP contribution in [0.1, 0.15) is 36.5 Å². The van der Waals surface area contributed by atoms with Crippen molar-refractivity contribution in [3.63, 3.8) is 0 Å². The predicted molar refractivity (Wildman–Crippen MR) is 95.6 cm³/mol. The van der Waals surface area contributed by atoms with Crippen LogP contribution in [0.4, 0.5) is 5.69 Å². The maximum Gasteiger partial charge on any atom is 0.263 e. The number of nitrogens with two attached hydrogens (primary N) is 1. The van der Waals surface area contributed by atoms with Gasteiger partial charge in [-0.05, 0) is 25.0 Å². The van der Waals surface area contributed by atoms with Crippen molar-refractivity contribution in [2.45, 2.75) is 26.2 Å². The zero-order valence-corrected chi connectivity index (χ0v) is 14.4. The first-order valence-corrected chi connectivity index (χ1v) is 8.21. The molecule has 7 nitrogen and oxygen atoms in total. The molecular formula is C18H24N4O3. The van der Waals surface area contributed by atoms with Crippen molar-refractivity contribution in [3.05, 3.63) is 41.6 Å².